The minimum atomic E-state index is -4.52. The lowest BCUT2D eigenvalue weighted by molar-refractivity contribution is -0.141. The molecule has 142 valence electrons. The normalized spacial score (nSPS) is 16.6. The molecule has 10 heteroatoms. The second-order valence-corrected chi connectivity index (χ2v) is 6.11. The number of anilines is 1. The number of nitrogens with zero attached hydrogens (tertiary/aromatic N) is 4. The first kappa shape index (κ1) is 17.4. The predicted octanol–water partition coefficient (Wildman–Crippen LogP) is 2.19. The highest BCUT2D eigenvalue weighted by atomic mass is 19.4. The van der Waals surface area contributed by atoms with Crippen LogP contribution in [0.2, 0.25) is 0 Å². The Bertz CT molecular complexity index is 867. The number of carbonyl (C=O) groups excluding carboxylic acids is 1. The van der Waals surface area contributed by atoms with Crippen molar-refractivity contribution < 1.29 is 27.4 Å². The van der Waals surface area contributed by atoms with Crippen LogP contribution in [0.15, 0.2) is 30.6 Å². The number of halogens is 3. The van der Waals surface area contributed by atoms with E-state index in [4.69, 9.17) is 9.47 Å². The maximum atomic E-state index is 12.8. The lowest BCUT2D eigenvalue weighted by Crippen LogP contribution is -2.49. The third kappa shape index (κ3) is 3.46. The summed E-state index contributed by atoms with van der Waals surface area (Å²) in [5.74, 6) is 1.17. The van der Waals surface area contributed by atoms with Crippen molar-refractivity contribution in [2.24, 2.45) is 0 Å². The minimum absolute atomic E-state index is 0.129. The molecule has 0 atom stereocenters. The first-order valence-electron chi connectivity index (χ1n) is 8.25. The number of amides is 1. The molecule has 2 aliphatic heterocycles. The molecule has 4 rings (SSSR count). The number of hydrogen-bond donors (Lipinski definition) is 0. The summed E-state index contributed by atoms with van der Waals surface area (Å²) in [6, 6.07) is 5.92. The molecule has 0 N–H and O–H groups in total. The van der Waals surface area contributed by atoms with E-state index in [9.17, 15) is 18.0 Å². The van der Waals surface area contributed by atoms with Crippen molar-refractivity contribution in [3.05, 3.63) is 41.9 Å². The summed E-state index contributed by atoms with van der Waals surface area (Å²) in [4.78, 5) is 23.2. The molecular formula is C17H15F3N4O3. The number of alkyl halides is 3. The number of rotatable bonds is 2. The lowest BCUT2D eigenvalue weighted by Gasteiger charge is -2.35. The summed E-state index contributed by atoms with van der Waals surface area (Å²) in [6.07, 6.45) is -3.61. The highest BCUT2D eigenvalue weighted by molar-refractivity contribution is 5.95. The molecule has 1 saturated heterocycles. The molecular weight excluding hydrogens is 365 g/mol. The Morgan fingerprint density at radius 2 is 1.74 bits per heavy atom. The van der Waals surface area contributed by atoms with Gasteiger partial charge in [-0.15, -0.1) is 0 Å². The number of benzene rings is 1. The molecule has 1 aromatic heterocycles. The summed E-state index contributed by atoms with van der Waals surface area (Å²) in [6.45, 7) is 1.64. The number of ether oxygens (including phenoxy) is 2. The van der Waals surface area contributed by atoms with Crippen molar-refractivity contribution in [3.63, 3.8) is 0 Å². The Balaban J connectivity index is 1.42. The van der Waals surface area contributed by atoms with Crippen molar-refractivity contribution in [2.75, 3.05) is 37.9 Å². The molecule has 2 aliphatic rings. The standard InChI is InChI=1S/C17H15F3N4O3/c18-17(19,20)14-8-15(22-9-21-14)23-3-5-24(6-4-23)16(25)11-1-2-12-13(7-11)27-10-26-12/h1-2,7-9H,3-6,10H2. The zero-order valence-electron chi connectivity index (χ0n) is 14.1. The fourth-order valence-electron chi connectivity index (χ4n) is 3.03. The quantitative estimate of drug-likeness (QED) is 0.796. The van der Waals surface area contributed by atoms with Gasteiger partial charge in [-0.2, -0.15) is 13.2 Å². The number of carbonyl (C=O) groups is 1. The van der Waals surface area contributed by atoms with Crippen molar-refractivity contribution in [2.45, 2.75) is 6.18 Å². The highest BCUT2D eigenvalue weighted by Gasteiger charge is 2.33. The van der Waals surface area contributed by atoms with Crippen LogP contribution in [0.25, 0.3) is 0 Å². The Hall–Kier alpha value is -3.04. The van der Waals surface area contributed by atoms with Gasteiger partial charge in [-0.3, -0.25) is 4.79 Å². The van der Waals surface area contributed by atoms with Crippen molar-refractivity contribution in [3.8, 4) is 11.5 Å². The fourth-order valence-corrected chi connectivity index (χ4v) is 3.03. The largest absolute Gasteiger partial charge is 0.454 e. The molecule has 0 aliphatic carbocycles. The topological polar surface area (TPSA) is 67.8 Å². The van der Waals surface area contributed by atoms with Crippen LogP contribution in [0.3, 0.4) is 0 Å². The van der Waals surface area contributed by atoms with Gasteiger partial charge in [0.2, 0.25) is 6.79 Å². The molecule has 0 radical (unpaired) electrons. The van der Waals surface area contributed by atoms with Crippen LogP contribution in [0.1, 0.15) is 16.1 Å². The van der Waals surface area contributed by atoms with Gasteiger partial charge in [-0.1, -0.05) is 0 Å². The fraction of sp³-hybridized carbons (Fsp3) is 0.353. The summed E-state index contributed by atoms with van der Waals surface area (Å²) in [5, 5.41) is 0. The van der Waals surface area contributed by atoms with Crippen LogP contribution in [-0.2, 0) is 6.18 Å². The maximum Gasteiger partial charge on any atom is 0.433 e. The number of aromatic nitrogens is 2. The second-order valence-electron chi connectivity index (χ2n) is 6.11. The summed E-state index contributed by atoms with van der Waals surface area (Å²) < 4.78 is 48.9. The number of piperazine rings is 1. The van der Waals surface area contributed by atoms with E-state index in [1.807, 2.05) is 0 Å². The molecule has 0 spiro atoms. The first-order chi connectivity index (χ1) is 12.9. The van der Waals surface area contributed by atoms with Crippen LogP contribution in [0, 0.1) is 0 Å². The van der Waals surface area contributed by atoms with Crippen LogP contribution >= 0.6 is 0 Å². The van der Waals surface area contributed by atoms with E-state index in [-0.39, 0.29) is 18.5 Å². The summed E-state index contributed by atoms with van der Waals surface area (Å²) >= 11 is 0. The first-order valence-corrected chi connectivity index (χ1v) is 8.25. The van der Waals surface area contributed by atoms with Gasteiger partial charge in [0.25, 0.3) is 5.91 Å². The molecule has 27 heavy (non-hydrogen) atoms. The molecule has 0 bridgehead atoms. The number of hydrogen-bond acceptors (Lipinski definition) is 6. The van der Waals surface area contributed by atoms with Gasteiger partial charge in [-0.25, -0.2) is 9.97 Å². The van der Waals surface area contributed by atoms with Crippen LogP contribution in [0.4, 0.5) is 19.0 Å². The van der Waals surface area contributed by atoms with Crippen LogP contribution < -0.4 is 14.4 Å². The average molecular weight is 380 g/mol. The maximum absolute atomic E-state index is 12.8. The molecule has 7 nitrogen and oxygen atoms in total. The van der Waals surface area contributed by atoms with E-state index in [0.717, 1.165) is 12.4 Å². The Morgan fingerprint density at radius 1 is 1.00 bits per heavy atom. The molecule has 0 saturated carbocycles. The van der Waals surface area contributed by atoms with Gasteiger partial charge in [-0.05, 0) is 18.2 Å². The zero-order valence-corrected chi connectivity index (χ0v) is 14.1. The van der Waals surface area contributed by atoms with Gasteiger partial charge < -0.3 is 19.3 Å². The molecule has 0 unspecified atom stereocenters. The van der Waals surface area contributed by atoms with E-state index in [2.05, 4.69) is 9.97 Å². The average Bonchev–Trinajstić information content (AvgIpc) is 3.15. The molecule has 1 aromatic carbocycles. The molecule has 2 aromatic rings. The SMILES string of the molecule is O=C(c1ccc2c(c1)OCO2)N1CCN(c2cc(C(F)(F)F)ncn2)CC1. The summed E-state index contributed by atoms with van der Waals surface area (Å²) in [7, 11) is 0. The Kier molecular flexibility index (Phi) is 4.25. The van der Waals surface area contributed by atoms with E-state index in [1.54, 1.807) is 28.0 Å². The van der Waals surface area contributed by atoms with Gasteiger partial charge in [0, 0.05) is 37.8 Å². The molecule has 1 amide bonds. The van der Waals surface area contributed by atoms with Gasteiger partial charge in [0.1, 0.15) is 17.8 Å². The smallest absolute Gasteiger partial charge is 0.433 e. The van der Waals surface area contributed by atoms with E-state index < -0.39 is 11.9 Å². The highest BCUT2D eigenvalue weighted by Crippen LogP contribution is 2.33. The second kappa shape index (κ2) is 6.60. The minimum Gasteiger partial charge on any atom is -0.454 e. The summed E-state index contributed by atoms with van der Waals surface area (Å²) in [5.41, 5.74) is -0.500. The zero-order chi connectivity index (χ0) is 19.0. The third-order valence-corrected chi connectivity index (χ3v) is 4.45. The third-order valence-electron chi connectivity index (χ3n) is 4.45. The van der Waals surface area contributed by atoms with E-state index in [0.29, 0.717) is 43.2 Å². The monoisotopic (exact) mass is 380 g/mol. The van der Waals surface area contributed by atoms with Crippen molar-refractivity contribution >= 4 is 11.7 Å². The molecule has 1 fully saturated rings. The number of fused-ring (bicyclic) bond motifs is 1. The van der Waals surface area contributed by atoms with Gasteiger partial charge in [0.05, 0.1) is 0 Å². The van der Waals surface area contributed by atoms with E-state index >= 15 is 0 Å². The van der Waals surface area contributed by atoms with Gasteiger partial charge in [0.15, 0.2) is 11.5 Å². The molecule has 3 heterocycles. The van der Waals surface area contributed by atoms with Crippen LogP contribution in [0.5, 0.6) is 11.5 Å². The van der Waals surface area contributed by atoms with Crippen molar-refractivity contribution in [1.82, 2.24) is 14.9 Å². The van der Waals surface area contributed by atoms with Crippen molar-refractivity contribution in [1.29, 1.82) is 0 Å². The van der Waals surface area contributed by atoms with Gasteiger partial charge >= 0.3 is 6.18 Å². The lowest BCUT2D eigenvalue weighted by atomic mass is 10.1. The predicted molar refractivity (Wildman–Crippen MR) is 87.7 cm³/mol. The Labute approximate surface area is 152 Å². The van der Waals surface area contributed by atoms with Crippen LogP contribution in [-0.4, -0.2) is 53.7 Å². The Morgan fingerprint density at radius 3 is 2.48 bits per heavy atom. The van der Waals surface area contributed by atoms with E-state index in [1.165, 1.54) is 0 Å².